The SMILES string of the molecule is COC(=O)NC1CCN(C(=O)C2(C(N)=S)CCOCC2)C1. The lowest BCUT2D eigenvalue weighted by molar-refractivity contribution is -0.141. The smallest absolute Gasteiger partial charge is 0.407 e. The molecule has 1 atom stereocenters. The molecule has 118 valence electrons. The Morgan fingerprint density at radius 3 is 2.67 bits per heavy atom. The number of hydrogen-bond acceptors (Lipinski definition) is 5. The van der Waals surface area contributed by atoms with Gasteiger partial charge in [-0.05, 0) is 19.3 Å². The van der Waals surface area contributed by atoms with Gasteiger partial charge in [0.2, 0.25) is 5.91 Å². The molecule has 8 heteroatoms. The fourth-order valence-corrected chi connectivity index (χ4v) is 3.17. The highest BCUT2D eigenvalue weighted by molar-refractivity contribution is 7.80. The van der Waals surface area contributed by atoms with Crippen LogP contribution in [0.1, 0.15) is 19.3 Å². The molecule has 3 N–H and O–H groups in total. The first kappa shape index (κ1) is 16.0. The molecule has 21 heavy (non-hydrogen) atoms. The summed E-state index contributed by atoms with van der Waals surface area (Å²) < 4.78 is 9.89. The number of rotatable bonds is 3. The largest absolute Gasteiger partial charge is 0.453 e. The third-order valence-corrected chi connectivity index (χ3v) is 4.60. The third-order valence-electron chi connectivity index (χ3n) is 4.21. The number of nitrogens with zero attached hydrogens (tertiary/aromatic N) is 1. The number of alkyl carbamates (subject to hydrolysis) is 1. The van der Waals surface area contributed by atoms with Gasteiger partial charge in [0.05, 0.1) is 18.1 Å². The predicted molar refractivity (Wildman–Crippen MR) is 79.8 cm³/mol. The average Bonchev–Trinajstić information content (AvgIpc) is 2.95. The fourth-order valence-electron chi connectivity index (χ4n) is 2.88. The van der Waals surface area contributed by atoms with Crippen LogP contribution in [0.5, 0.6) is 0 Å². The Hall–Kier alpha value is -1.41. The van der Waals surface area contributed by atoms with E-state index in [9.17, 15) is 9.59 Å². The predicted octanol–water partition coefficient (Wildman–Crippen LogP) is 0.0262. The van der Waals surface area contributed by atoms with E-state index in [1.54, 1.807) is 4.90 Å². The van der Waals surface area contributed by atoms with Crippen LogP contribution in [-0.2, 0) is 14.3 Å². The van der Waals surface area contributed by atoms with E-state index in [2.05, 4.69) is 10.1 Å². The second-order valence-corrected chi connectivity index (χ2v) is 5.87. The molecule has 2 fully saturated rings. The Labute approximate surface area is 129 Å². The minimum Gasteiger partial charge on any atom is -0.453 e. The molecule has 0 saturated carbocycles. The summed E-state index contributed by atoms with van der Waals surface area (Å²) >= 11 is 5.14. The quantitative estimate of drug-likeness (QED) is 0.714. The number of amides is 2. The van der Waals surface area contributed by atoms with E-state index in [1.165, 1.54) is 7.11 Å². The van der Waals surface area contributed by atoms with E-state index < -0.39 is 11.5 Å². The Bertz CT molecular complexity index is 437. The van der Waals surface area contributed by atoms with Gasteiger partial charge < -0.3 is 25.4 Å². The van der Waals surface area contributed by atoms with Crippen LogP contribution in [0.25, 0.3) is 0 Å². The number of likely N-dealkylation sites (tertiary alicyclic amines) is 1. The standard InChI is InChI=1S/C13H21N3O4S/c1-19-12(18)15-9-2-5-16(8-9)11(17)13(10(14)21)3-6-20-7-4-13/h9H,2-8H2,1H3,(H2,14,21)(H,15,18). The van der Waals surface area contributed by atoms with Crippen LogP contribution < -0.4 is 11.1 Å². The van der Waals surface area contributed by atoms with Crippen LogP contribution in [0.15, 0.2) is 0 Å². The first-order valence-corrected chi connectivity index (χ1v) is 7.42. The first-order chi connectivity index (χ1) is 9.99. The second-order valence-electron chi connectivity index (χ2n) is 5.43. The summed E-state index contributed by atoms with van der Waals surface area (Å²) in [6.45, 7) is 2.01. The van der Waals surface area contributed by atoms with Gasteiger partial charge in [0, 0.05) is 26.3 Å². The molecule has 0 aromatic rings. The molecule has 0 aliphatic carbocycles. The van der Waals surface area contributed by atoms with Crippen molar-refractivity contribution in [3.63, 3.8) is 0 Å². The van der Waals surface area contributed by atoms with Crippen molar-refractivity contribution in [3.05, 3.63) is 0 Å². The molecule has 2 saturated heterocycles. The average molecular weight is 315 g/mol. The van der Waals surface area contributed by atoms with Crippen LogP contribution in [0.2, 0.25) is 0 Å². The Morgan fingerprint density at radius 1 is 1.43 bits per heavy atom. The van der Waals surface area contributed by atoms with Crippen molar-refractivity contribution in [2.24, 2.45) is 11.1 Å². The second kappa shape index (κ2) is 6.57. The normalized spacial score (nSPS) is 24.4. The monoisotopic (exact) mass is 315 g/mol. The van der Waals surface area contributed by atoms with Gasteiger partial charge in [0.1, 0.15) is 5.41 Å². The maximum absolute atomic E-state index is 12.8. The van der Waals surface area contributed by atoms with Crippen LogP contribution in [0.4, 0.5) is 4.79 Å². The highest BCUT2D eigenvalue weighted by atomic mass is 32.1. The van der Waals surface area contributed by atoms with Gasteiger partial charge in [-0.3, -0.25) is 4.79 Å². The van der Waals surface area contributed by atoms with E-state index in [0.29, 0.717) is 45.6 Å². The molecule has 0 radical (unpaired) electrons. The van der Waals surface area contributed by atoms with E-state index in [-0.39, 0.29) is 16.9 Å². The molecule has 2 aliphatic rings. The summed E-state index contributed by atoms with van der Waals surface area (Å²) in [6.07, 6.45) is 1.26. The van der Waals surface area contributed by atoms with Crippen molar-refractivity contribution < 1.29 is 19.1 Å². The first-order valence-electron chi connectivity index (χ1n) is 7.01. The molecule has 2 rings (SSSR count). The fraction of sp³-hybridized carbons (Fsp3) is 0.769. The van der Waals surface area contributed by atoms with Crippen LogP contribution in [-0.4, -0.2) is 61.3 Å². The lowest BCUT2D eigenvalue weighted by Crippen LogP contribution is -2.53. The van der Waals surface area contributed by atoms with Crippen molar-refractivity contribution in [2.45, 2.75) is 25.3 Å². The van der Waals surface area contributed by atoms with Gasteiger partial charge in [-0.2, -0.15) is 0 Å². The molecule has 2 aliphatic heterocycles. The van der Waals surface area contributed by atoms with Crippen molar-refractivity contribution in [1.29, 1.82) is 0 Å². The molecule has 0 bridgehead atoms. The molecular formula is C13H21N3O4S. The molecule has 2 heterocycles. The zero-order chi connectivity index (χ0) is 15.5. The topological polar surface area (TPSA) is 93.9 Å². The van der Waals surface area contributed by atoms with Crippen LogP contribution >= 0.6 is 12.2 Å². The van der Waals surface area contributed by atoms with Gasteiger partial charge in [-0.25, -0.2) is 4.79 Å². The number of hydrogen-bond donors (Lipinski definition) is 2. The molecule has 0 aromatic heterocycles. The van der Waals surface area contributed by atoms with Gasteiger partial charge in [0.15, 0.2) is 0 Å². The zero-order valence-electron chi connectivity index (χ0n) is 12.1. The summed E-state index contributed by atoms with van der Waals surface area (Å²) in [7, 11) is 1.32. The Kier molecular flexibility index (Phi) is 5.00. The van der Waals surface area contributed by atoms with E-state index >= 15 is 0 Å². The molecule has 7 nitrogen and oxygen atoms in total. The summed E-state index contributed by atoms with van der Waals surface area (Å²) in [6, 6.07) is -0.0929. The van der Waals surface area contributed by atoms with Crippen molar-refractivity contribution in [2.75, 3.05) is 33.4 Å². The Morgan fingerprint density at radius 2 is 2.10 bits per heavy atom. The summed E-state index contributed by atoms with van der Waals surface area (Å²) in [5, 5.41) is 2.71. The molecule has 1 unspecified atom stereocenters. The summed E-state index contributed by atoms with van der Waals surface area (Å²) in [5.41, 5.74) is 5.05. The highest BCUT2D eigenvalue weighted by Gasteiger charge is 2.46. The van der Waals surface area contributed by atoms with Crippen LogP contribution in [0.3, 0.4) is 0 Å². The summed E-state index contributed by atoms with van der Waals surface area (Å²) in [5.74, 6) is -0.0486. The number of ether oxygens (including phenoxy) is 2. The van der Waals surface area contributed by atoms with Gasteiger partial charge in [0.25, 0.3) is 0 Å². The van der Waals surface area contributed by atoms with E-state index in [0.717, 1.165) is 0 Å². The molecule has 0 spiro atoms. The Balaban J connectivity index is 2.02. The minimum absolute atomic E-state index is 0.0486. The summed E-state index contributed by atoms with van der Waals surface area (Å²) in [4.78, 5) is 26.0. The van der Waals surface area contributed by atoms with Crippen molar-refractivity contribution >= 4 is 29.2 Å². The lowest BCUT2D eigenvalue weighted by atomic mass is 9.78. The lowest BCUT2D eigenvalue weighted by Gasteiger charge is -2.37. The highest BCUT2D eigenvalue weighted by Crippen LogP contribution is 2.34. The third kappa shape index (κ3) is 3.26. The maximum atomic E-state index is 12.8. The van der Waals surface area contributed by atoms with Gasteiger partial charge >= 0.3 is 6.09 Å². The zero-order valence-corrected chi connectivity index (χ0v) is 12.9. The number of nitrogens with two attached hydrogens (primary N) is 1. The number of methoxy groups -OCH3 is 1. The number of nitrogens with one attached hydrogen (secondary N) is 1. The molecular weight excluding hydrogens is 294 g/mol. The van der Waals surface area contributed by atoms with Gasteiger partial charge in [-0.15, -0.1) is 0 Å². The van der Waals surface area contributed by atoms with Gasteiger partial charge in [-0.1, -0.05) is 12.2 Å². The number of thiocarbonyl (C=S) groups is 1. The number of carbonyl (C=O) groups is 2. The minimum atomic E-state index is -0.798. The number of carbonyl (C=O) groups excluding carboxylic acids is 2. The van der Waals surface area contributed by atoms with E-state index in [4.69, 9.17) is 22.7 Å². The maximum Gasteiger partial charge on any atom is 0.407 e. The molecule has 2 amide bonds. The van der Waals surface area contributed by atoms with Crippen LogP contribution in [0, 0.1) is 5.41 Å². The van der Waals surface area contributed by atoms with E-state index in [1.807, 2.05) is 0 Å². The van der Waals surface area contributed by atoms with Crippen molar-refractivity contribution in [3.8, 4) is 0 Å². The molecule has 0 aromatic carbocycles. The van der Waals surface area contributed by atoms with Crippen molar-refractivity contribution in [1.82, 2.24) is 10.2 Å².